The van der Waals surface area contributed by atoms with Crippen LogP contribution in [0, 0.1) is 0 Å². The molecule has 4 heteroatoms. The fourth-order valence-electron chi connectivity index (χ4n) is 2.19. The maximum atomic E-state index is 12.1. The lowest BCUT2D eigenvalue weighted by molar-refractivity contribution is -0.141. The van der Waals surface area contributed by atoms with Crippen LogP contribution in [0.15, 0.2) is 54.6 Å². The summed E-state index contributed by atoms with van der Waals surface area (Å²) in [5.74, 6) is -0.331. The first-order chi connectivity index (χ1) is 10.3. The van der Waals surface area contributed by atoms with Gasteiger partial charge in [-0.15, -0.1) is 0 Å². The number of esters is 1. The Morgan fingerprint density at radius 3 is 2.38 bits per heavy atom. The fourth-order valence-corrected chi connectivity index (χ4v) is 2.19. The predicted octanol–water partition coefficient (Wildman–Crippen LogP) is 3.16. The van der Waals surface area contributed by atoms with E-state index in [1.807, 2.05) is 54.6 Å². The maximum Gasteiger partial charge on any atom is 0.332 e. The normalized spacial score (nSPS) is 11.7. The van der Waals surface area contributed by atoms with Gasteiger partial charge in [0.2, 0.25) is 0 Å². The average molecular weight is 285 g/mol. The topological polar surface area (TPSA) is 47.6 Å². The Morgan fingerprint density at radius 1 is 1.05 bits per heavy atom. The molecule has 0 amide bonds. The van der Waals surface area contributed by atoms with Gasteiger partial charge in [0.15, 0.2) is 6.04 Å². The lowest BCUT2D eigenvalue weighted by Crippen LogP contribution is -2.23. The van der Waals surface area contributed by atoms with Crippen LogP contribution in [0.2, 0.25) is 0 Å². The van der Waals surface area contributed by atoms with Crippen molar-refractivity contribution in [3.8, 4) is 0 Å². The van der Waals surface area contributed by atoms with E-state index >= 15 is 0 Å². The molecule has 0 aromatic heterocycles. The lowest BCUT2D eigenvalue weighted by atomic mass is 10.0. The summed E-state index contributed by atoms with van der Waals surface area (Å²) in [7, 11) is 3.02. The van der Waals surface area contributed by atoms with Gasteiger partial charge in [0.1, 0.15) is 0 Å². The first kappa shape index (κ1) is 15.1. The zero-order valence-electron chi connectivity index (χ0n) is 12.2. The van der Waals surface area contributed by atoms with Crippen molar-refractivity contribution in [1.29, 1.82) is 0 Å². The molecule has 2 aromatic carbocycles. The standard InChI is InChI=1S/C17H19NO3/c1-20-12-13-8-6-7-11-15(13)16(17(19)21-2)18-14-9-4-3-5-10-14/h3-11,16,18H,12H2,1-2H3. The van der Waals surface area contributed by atoms with E-state index in [9.17, 15) is 4.79 Å². The van der Waals surface area contributed by atoms with Crippen LogP contribution in [-0.2, 0) is 20.9 Å². The van der Waals surface area contributed by atoms with E-state index < -0.39 is 6.04 Å². The van der Waals surface area contributed by atoms with Crippen molar-refractivity contribution in [2.24, 2.45) is 0 Å². The third-order valence-corrected chi connectivity index (χ3v) is 3.19. The Hall–Kier alpha value is -2.33. The average Bonchev–Trinajstić information content (AvgIpc) is 2.54. The number of nitrogens with one attached hydrogen (secondary N) is 1. The van der Waals surface area contributed by atoms with Crippen molar-refractivity contribution in [3.05, 3.63) is 65.7 Å². The zero-order chi connectivity index (χ0) is 15.1. The highest BCUT2D eigenvalue weighted by atomic mass is 16.5. The third kappa shape index (κ3) is 3.83. The molecular weight excluding hydrogens is 266 g/mol. The van der Waals surface area contributed by atoms with Crippen LogP contribution in [0.4, 0.5) is 5.69 Å². The lowest BCUT2D eigenvalue weighted by Gasteiger charge is -2.20. The predicted molar refractivity (Wildman–Crippen MR) is 82.0 cm³/mol. The van der Waals surface area contributed by atoms with Crippen molar-refractivity contribution in [3.63, 3.8) is 0 Å². The van der Waals surface area contributed by atoms with E-state index in [1.54, 1.807) is 7.11 Å². The van der Waals surface area contributed by atoms with Crippen LogP contribution < -0.4 is 5.32 Å². The number of benzene rings is 2. The van der Waals surface area contributed by atoms with Crippen LogP contribution in [0.5, 0.6) is 0 Å². The van der Waals surface area contributed by atoms with Crippen molar-refractivity contribution >= 4 is 11.7 Å². The molecule has 2 aromatic rings. The SMILES string of the molecule is COCc1ccccc1C(Nc1ccccc1)C(=O)OC. The molecule has 4 nitrogen and oxygen atoms in total. The molecule has 1 atom stereocenters. The summed E-state index contributed by atoms with van der Waals surface area (Å²) in [6.07, 6.45) is 0. The smallest absolute Gasteiger partial charge is 0.332 e. The summed E-state index contributed by atoms with van der Waals surface area (Å²) in [6.45, 7) is 0.445. The van der Waals surface area contributed by atoms with Gasteiger partial charge >= 0.3 is 5.97 Å². The van der Waals surface area contributed by atoms with Gasteiger partial charge in [0, 0.05) is 12.8 Å². The monoisotopic (exact) mass is 285 g/mol. The van der Waals surface area contributed by atoms with Crippen molar-refractivity contribution in [1.82, 2.24) is 0 Å². The van der Waals surface area contributed by atoms with Gasteiger partial charge in [-0.1, -0.05) is 42.5 Å². The van der Waals surface area contributed by atoms with Gasteiger partial charge in [-0.05, 0) is 23.3 Å². The number of rotatable bonds is 6. The van der Waals surface area contributed by atoms with E-state index in [1.165, 1.54) is 7.11 Å². The number of ether oxygens (including phenoxy) is 2. The summed E-state index contributed by atoms with van der Waals surface area (Å²) < 4.78 is 10.1. The quantitative estimate of drug-likeness (QED) is 0.828. The maximum absolute atomic E-state index is 12.1. The first-order valence-corrected chi connectivity index (χ1v) is 6.72. The molecule has 0 spiro atoms. The van der Waals surface area contributed by atoms with E-state index in [4.69, 9.17) is 9.47 Å². The second kappa shape index (κ2) is 7.45. The Morgan fingerprint density at radius 2 is 1.71 bits per heavy atom. The molecule has 0 bridgehead atoms. The van der Waals surface area contributed by atoms with Gasteiger partial charge in [-0.25, -0.2) is 4.79 Å². The van der Waals surface area contributed by atoms with Crippen LogP contribution in [-0.4, -0.2) is 20.2 Å². The minimum absolute atomic E-state index is 0.331. The molecule has 0 aliphatic rings. The van der Waals surface area contributed by atoms with Gasteiger partial charge in [-0.2, -0.15) is 0 Å². The fraction of sp³-hybridized carbons (Fsp3) is 0.235. The number of carbonyl (C=O) groups is 1. The van der Waals surface area contributed by atoms with Gasteiger partial charge in [-0.3, -0.25) is 0 Å². The van der Waals surface area contributed by atoms with Gasteiger partial charge < -0.3 is 14.8 Å². The Bertz CT molecular complexity index is 584. The molecule has 1 N–H and O–H groups in total. The zero-order valence-corrected chi connectivity index (χ0v) is 12.2. The summed E-state index contributed by atoms with van der Waals surface area (Å²) in [5, 5.41) is 3.21. The first-order valence-electron chi connectivity index (χ1n) is 6.72. The van der Waals surface area contributed by atoms with Gasteiger partial charge in [0.25, 0.3) is 0 Å². The Kier molecular flexibility index (Phi) is 5.35. The van der Waals surface area contributed by atoms with Crippen LogP contribution in [0.3, 0.4) is 0 Å². The second-order valence-electron chi connectivity index (χ2n) is 4.60. The molecule has 0 saturated heterocycles. The highest BCUT2D eigenvalue weighted by Gasteiger charge is 2.23. The molecule has 110 valence electrons. The number of anilines is 1. The highest BCUT2D eigenvalue weighted by Crippen LogP contribution is 2.24. The Balaban J connectivity index is 2.34. The number of carbonyl (C=O) groups excluding carboxylic acids is 1. The van der Waals surface area contributed by atoms with Gasteiger partial charge in [0.05, 0.1) is 13.7 Å². The van der Waals surface area contributed by atoms with E-state index in [2.05, 4.69) is 5.32 Å². The molecule has 21 heavy (non-hydrogen) atoms. The van der Waals surface area contributed by atoms with Crippen molar-refractivity contribution < 1.29 is 14.3 Å². The molecule has 2 rings (SSSR count). The summed E-state index contributed by atoms with van der Waals surface area (Å²) >= 11 is 0. The molecule has 0 fully saturated rings. The number of para-hydroxylation sites is 1. The van der Waals surface area contributed by atoms with E-state index in [-0.39, 0.29) is 5.97 Å². The number of methoxy groups -OCH3 is 2. The van der Waals surface area contributed by atoms with Crippen LogP contribution >= 0.6 is 0 Å². The summed E-state index contributed by atoms with van der Waals surface area (Å²) in [5.41, 5.74) is 2.68. The molecule has 1 unspecified atom stereocenters. The minimum Gasteiger partial charge on any atom is -0.467 e. The molecule has 0 aliphatic heterocycles. The van der Waals surface area contributed by atoms with Crippen LogP contribution in [0.1, 0.15) is 17.2 Å². The van der Waals surface area contributed by atoms with Crippen molar-refractivity contribution in [2.75, 3.05) is 19.5 Å². The summed E-state index contributed by atoms with van der Waals surface area (Å²) in [4.78, 5) is 12.1. The molecular formula is C17H19NO3. The third-order valence-electron chi connectivity index (χ3n) is 3.19. The summed E-state index contributed by atoms with van der Waals surface area (Å²) in [6, 6.07) is 16.7. The minimum atomic E-state index is -0.566. The second-order valence-corrected chi connectivity index (χ2v) is 4.60. The molecule has 0 saturated carbocycles. The van der Waals surface area contributed by atoms with E-state index in [0.717, 1.165) is 16.8 Å². The number of hydrogen-bond acceptors (Lipinski definition) is 4. The van der Waals surface area contributed by atoms with Crippen LogP contribution in [0.25, 0.3) is 0 Å². The van der Waals surface area contributed by atoms with E-state index in [0.29, 0.717) is 6.61 Å². The largest absolute Gasteiger partial charge is 0.467 e. The number of hydrogen-bond donors (Lipinski definition) is 1. The Labute approximate surface area is 124 Å². The molecule has 0 radical (unpaired) electrons. The highest BCUT2D eigenvalue weighted by molar-refractivity contribution is 5.81. The molecule has 0 heterocycles. The van der Waals surface area contributed by atoms with Crippen molar-refractivity contribution in [2.45, 2.75) is 12.6 Å². The molecule has 0 aliphatic carbocycles.